The average Bonchev–Trinajstić information content (AvgIpc) is 3.26. The molecule has 2 aliphatic heterocycles. The Morgan fingerprint density at radius 2 is 2.00 bits per heavy atom. The number of hydrogen-bond donors (Lipinski definition) is 1. The molecular weight excluding hydrogens is 471 g/mol. The molecule has 0 radical (unpaired) electrons. The van der Waals surface area contributed by atoms with Crippen molar-refractivity contribution >= 4 is 34.0 Å². The lowest BCUT2D eigenvalue weighted by Gasteiger charge is -2.33. The first kappa shape index (κ1) is 24.0. The number of aromatic nitrogens is 2. The number of methoxy groups -OCH3 is 1. The Hall–Kier alpha value is -2.68. The number of rotatable bonds is 8. The van der Waals surface area contributed by atoms with E-state index in [1.807, 2.05) is 12.1 Å². The van der Waals surface area contributed by atoms with E-state index >= 15 is 0 Å². The van der Waals surface area contributed by atoms with Crippen LogP contribution in [0, 0.1) is 11.2 Å². The molecule has 1 spiro atoms. The highest BCUT2D eigenvalue weighted by molar-refractivity contribution is 6.31. The van der Waals surface area contributed by atoms with E-state index in [2.05, 4.69) is 20.2 Å². The molecule has 3 aromatic rings. The summed E-state index contributed by atoms with van der Waals surface area (Å²) in [6.45, 7) is 5.70. The summed E-state index contributed by atoms with van der Waals surface area (Å²) in [5.41, 5.74) is 1.79. The second-order valence-corrected chi connectivity index (χ2v) is 9.74. The first-order chi connectivity index (χ1) is 17.0. The Kier molecular flexibility index (Phi) is 7.22. The highest BCUT2D eigenvalue weighted by Gasteiger charge is 2.38. The summed E-state index contributed by atoms with van der Waals surface area (Å²) in [5, 5.41) is 4.01. The summed E-state index contributed by atoms with van der Waals surface area (Å²) in [5.74, 6) is 1.36. The predicted molar refractivity (Wildman–Crippen MR) is 134 cm³/mol. The molecule has 0 atom stereocenters. The van der Waals surface area contributed by atoms with Crippen LogP contribution in [-0.4, -0.2) is 61.4 Å². The number of likely N-dealkylation sites (tertiary alicyclic amines) is 1. The Labute approximate surface area is 209 Å². The summed E-state index contributed by atoms with van der Waals surface area (Å²) in [4.78, 5) is 11.3. The van der Waals surface area contributed by atoms with Gasteiger partial charge in [-0.05, 0) is 61.9 Å². The van der Waals surface area contributed by atoms with Crippen LogP contribution in [0.15, 0.2) is 36.7 Å². The fraction of sp³-hybridized carbons (Fsp3) is 0.462. The second-order valence-electron chi connectivity index (χ2n) is 9.34. The molecule has 2 fully saturated rings. The van der Waals surface area contributed by atoms with Crippen molar-refractivity contribution in [1.82, 2.24) is 14.9 Å². The number of ether oxygens (including phenoxy) is 3. The van der Waals surface area contributed by atoms with Gasteiger partial charge in [0.05, 0.1) is 24.3 Å². The van der Waals surface area contributed by atoms with Crippen molar-refractivity contribution < 1.29 is 18.6 Å². The highest BCUT2D eigenvalue weighted by atomic mass is 35.5. The van der Waals surface area contributed by atoms with Gasteiger partial charge in [-0.3, -0.25) is 0 Å². The zero-order valence-corrected chi connectivity index (χ0v) is 20.6. The van der Waals surface area contributed by atoms with Crippen LogP contribution in [0.25, 0.3) is 10.9 Å². The number of benzene rings is 2. The van der Waals surface area contributed by atoms with Crippen LogP contribution >= 0.6 is 11.6 Å². The number of nitrogens with zero attached hydrogens (tertiary/aromatic N) is 3. The van der Waals surface area contributed by atoms with Gasteiger partial charge in [0.25, 0.3) is 0 Å². The van der Waals surface area contributed by atoms with Crippen LogP contribution in [0.5, 0.6) is 11.5 Å². The monoisotopic (exact) mass is 500 g/mol. The molecule has 1 aromatic heterocycles. The van der Waals surface area contributed by atoms with Crippen molar-refractivity contribution in [2.24, 2.45) is 5.41 Å². The Balaban J connectivity index is 1.25. The number of anilines is 2. The Bertz CT molecular complexity index is 1190. The first-order valence-corrected chi connectivity index (χ1v) is 12.4. The number of halogens is 2. The third-order valence-corrected chi connectivity index (χ3v) is 7.34. The van der Waals surface area contributed by atoms with Gasteiger partial charge in [-0.1, -0.05) is 11.6 Å². The normalized spacial score (nSPS) is 17.7. The molecule has 0 aliphatic carbocycles. The van der Waals surface area contributed by atoms with E-state index in [0.717, 1.165) is 44.7 Å². The average molecular weight is 501 g/mol. The Morgan fingerprint density at radius 1 is 1.14 bits per heavy atom. The van der Waals surface area contributed by atoms with Gasteiger partial charge in [-0.2, -0.15) is 0 Å². The lowest BCUT2D eigenvalue weighted by Crippen LogP contribution is -2.33. The first-order valence-electron chi connectivity index (χ1n) is 12.0. The van der Waals surface area contributed by atoms with Crippen molar-refractivity contribution in [1.29, 1.82) is 0 Å². The van der Waals surface area contributed by atoms with Crippen LogP contribution in [0.2, 0.25) is 5.02 Å². The molecule has 9 heteroatoms. The third-order valence-electron chi connectivity index (χ3n) is 7.05. The quantitative estimate of drug-likeness (QED) is 0.413. The SMILES string of the molecule is COc1cc2ncnc(Nc3ccc(F)c(Cl)c3)c2cc1OCCCN1CCC2(CCOCC2)C1. The minimum atomic E-state index is -0.470. The molecule has 0 bridgehead atoms. The van der Waals surface area contributed by atoms with E-state index in [0.29, 0.717) is 40.5 Å². The molecule has 3 heterocycles. The molecule has 2 aliphatic rings. The van der Waals surface area contributed by atoms with Crippen LogP contribution in [-0.2, 0) is 4.74 Å². The molecule has 0 amide bonds. The van der Waals surface area contributed by atoms with Crippen molar-refractivity contribution in [3.05, 3.63) is 47.5 Å². The van der Waals surface area contributed by atoms with Gasteiger partial charge in [-0.15, -0.1) is 0 Å². The van der Waals surface area contributed by atoms with E-state index < -0.39 is 5.82 Å². The lowest BCUT2D eigenvalue weighted by atomic mass is 9.80. The van der Waals surface area contributed by atoms with Gasteiger partial charge in [-0.25, -0.2) is 14.4 Å². The van der Waals surface area contributed by atoms with Crippen molar-refractivity contribution in [3.8, 4) is 11.5 Å². The molecule has 5 rings (SSSR count). The van der Waals surface area contributed by atoms with Crippen LogP contribution in [0.3, 0.4) is 0 Å². The van der Waals surface area contributed by atoms with Gasteiger partial charge in [0.1, 0.15) is 18.0 Å². The number of nitrogens with one attached hydrogen (secondary N) is 1. The zero-order chi connectivity index (χ0) is 24.3. The fourth-order valence-electron chi connectivity index (χ4n) is 5.05. The summed E-state index contributed by atoms with van der Waals surface area (Å²) in [6, 6.07) is 8.17. The summed E-state index contributed by atoms with van der Waals surface area (Å²) in [6.07, 6.45) is 6.02. The van der Waals surface area contributed by atoms with E-state index in [-0.39, 0.29) is 5.02 Å². The van der Waals surface area contributed by atoms with Gasteiger partial charge in [0.2, 0.25) is 0 Å². The molecule has 0 unspecified atom stereocenters. The molecule has 0 saturated carbocycles. The highest BCUT2D eigenvalue weighted by Crippen LogP contribution is 2.40. The summed E-state index contributed by atoms with van der Waals surface area (Å²) in [7, 11) is 1.62. The van der Waals surface area contributed by atoms with Crippen molar-refractivity contribution in [3.63, 3.8) is 0 Å². The third kappa shape index (κ3) is 5.44. The van der Waals surface area contributed by atoms with E-state index in [1.165, 1.54) is 37.7 Å². The maximum atomic E-state index is 13.5. The van der Waals surface area contributed by atoms with Crippen LogP contribution in [0.1, 0.15) is 25.7 Å². The molecular formula is C26H30ClFN4O3. The minimum Gasteiger partial charge on any atom is -0.493 e. The molecule has 186 valence electrons. The van der Waals surface area contributed by atoms with Gasteiger partial charge in [0, 0.05) is 43.4 Å². The fourth-order valence-corrected chi connectivity index (χ4v) is 5.23. The smallest absolute Gasteiger partial charge is 0.162 e. The summed E-state index contributed by atoms with van der Waals surface area (Å²) < 4.78 is 30.8. The molecule has 2 aromatic carbocycles. The minimum absolute atomic E-state index is 0.0415. The maximum absolute atomic E-state index is 13.5. The van der Waals surface area contributed by atoms with Crippen molar-refractivity contribution in [2.75, 3.05) is 51.9 Å². The zero-order valence-electron chi connectivity index (χ0n) is 19.9. The van der Waals surface area contributed by atoms with Gasteiger partial charge >= 0.3 is 0 Å². The van der Waals surface area contributed by atoms with E-state index in [1.54, 1.807) is 13.2 Å². The van der Waals surface area contributed by atoms with Gasteiger partial charge in [0.15, 0.2) is 11.5 Å². The maximum Gasteiger partial charge on any atom is 0.162 e. The van der Waals surface area contributed by atoms with Crippen LogP contribution in [0.4, 0.5) is 15.9 Å². The largest absolute Gasteiger partial charge is 0.493 e. The number of fused-ring (bicyclic) bond motifs is 1. The molecule has 1 N–H and O–H groups in total. The Morgan fingerprint density at radius 3 is 2.80 bits per heavy atom. The standard InChI is InChI=1S/C26H30ClFN4O3/c1-33-23-15-22-19(25(30-17-29-22)31-18-3-4-21(28)20(27)13-18)14-24(23)35-10-2-8-32-9-5-26(16-32)6-11-34-12-7-26/h3-4,13-15,17H,2,5-12,16H2,1H3,(H,29,30,31). The summed E-state index contributed by atoms with van der Waals surface area (Å²) >= 11 is 5.93. The molecule has 7 nitrogen and oxygen atoms in total. The van der Waals surface area contributed by atoms with Crippen molar-refractivity contribution in [2.45, 2.75) is 25.7 Å². The van der Waals surface area contributed by atoms with Gasteiger partial charge < -0.3 is 24.4 Å². The number of hydrogen-bond acceptors (Lipinski definition) is 7. The predicted octanol–water partition coefficient (Wildman–Crippen LogP) is 5.45. The van der Waals surface area contributed by atoms with Crippen LogP contribution < -0.4 is 14.8 Å². The second kappa shape index (κ2) is 10.5. The topological polar surface area (TPSA) is 68.7 Å². The molecule has 35 heavy (non-hydrogen) atoms. The van der Waals surface area contributed by atoms with E-state index in [9.17, 15) is 4.39 Å². The van der Waals surface area contributed by atoms with E-state index in [4.69, 9.17) is 25.8 Å². The molecule has 2 saturated heterocycles. The lowest BCUT2D eigenvalue weighted by molar-refractivity contribution is 0.0192.